The summed E-state index contributed by atoms with van der Waals surface area (Å²) in [6.07, 6.45) is 5.82. The van der Waals surface area contributed by atoms with Gasteiger partial charge in [-0.25, -0.2) is 0 Å². The Morgan fingerprint density at radius 1 is 0.607 bits per heavy atom. The maximum Gasteiger partial charge on any atom is 0.303 e. The lowest BCUT2D eigenvalue weighted by molar-refractivity contribution is -0.138. The van der Waals surface area contributed by atoms with Gasteiger partial charge < -0.3 is 10.2 Å². The van der Waals surface area contributed by atoms with Crippen LogP contribution in [-0.2, 0) is 9.59 Å². The molecule has 28 heavy (non-hydrogen) atoms. The molecule has 2 aromatic heterocycles. The maximum atomic E-state index is 10.1. The number of hydrogen-bond acceptors (Lipinski definition) is 12. The van der Waals surface area contributed by atoms with E-state index in [2.05, 4.69) is 70.9 Å². The predicted molar refractivity (Wildman–Crippen MR) is 121 cm³/mol. The van der Waals surface area contributed by atoms with Crippen molar-refractivity contribution in [2.45, 2.75) is 68.7 Å². The summed E-state index contributed by atoms with van der Waals surface area (Å²) in [7, 11) is 0. The molecule has 2 aromatic rings. The Bertz CT molecular complexity index is 606. The van der Waals surface area contributed by atoms with Crippen LogP contribution >= 0.6 is 73.2 Å². The van der Waals surface area contributed by atoms with Crippen LogP contribution in [0.25, 0.3) is 0 Å². The van der Waals surface area contributed by atoms with Gasteiger partial charge >= 0.3 is 11.9 Å². The molecule has 0 radical (unpaired) electrons. The van der Waals surface area contributed by atoms with Gasteiger partial charge in [-0.2, -0.15) is 0 Å². The summed E-state index contributed by atoms with van der Waals surface area (Å²) in [6, 6.07) is 0. The van der Waals surface area contributed by atoms with Crippen molar-refractivity contribution < 1.29 is 19.8 Å². The number of unbranched alkanes of at least 4 members (excludes halogenated alkanes) is 5. The molecule has 0 aromatic carbocycles. The number of carboxylic acids is 2. The van der Waals surface area contributed by atoms with Crippen molar-refractivity contribution in [1.29, 1.82) is 0 Å². The zero-order valence-electron chi connectivity index (χ0n) is 14.8. The van der Waals surface area contributed by atoms with Crippen LogP contribution in [0.15, 0.2) is 17.4 Å². The number of aliphatic carboxylic acids is 2. The van der Waals surface area contributed by atoms with Crippen molar-refractivity contribution in [2.24, 2.45) is 0 Å². The molecule has 0 aliphatic carbocycles. The Morgan fingerprint density at radius 3 is 1.04 bits per heavy atom. The minimum atomic E-state index is -0.740. The molecular formula is C14H22N4O4S6. The van der Waals surface area contributed by atoms with Crippen molar-refractivity contribution in [3.05, 3.63) is 0 Å². The molecule has 14 heteroatoms. The van der Waals surface area contributed by atoms with Gasteiger partial charge in [0.05, 0.1) is 0 Å². The van der Waals surface area contributed by atoms with Gasteiger partial charge in [-0.1, -0.05) is 48.4 Å². The highest BCUT2D eigenvalue weighted by atomic mass is 32.2. The molecule has 2 N–H and O–H groups in total. The fourth-order valence-corrected chi connectivity index (χ4v) is 3.98. The number of aromatic nitrogens is 4. The average Bonchev–Trinajstić information content (AvgIpc) is 3.17. The monoisotopic (exact) mass is 502 g/mol. The van der Waals surface area contributed by atoms with Crippen molar-refractivity contribution in [3.8, 4) is 0 Å². The van der Waals surface area contributed by atoms with E-state index in [1.807, 2.05) is 0 Å². The molecule has 0 aliphatic heterocycles. The van der Waals surface area contributed by atoms with E-state index in [0.29, 0.717) is 17.4 Å². The van der Waals surface area contributed by atoms with Gasteiger partial charge in [-0.15, -0.1) is 70.9 Å². The third-order valence-corrected chi connectivity index (χ3v) is 5.35. The van der Waals surface area contributed by atoms with Gasteiger partial charge in [0.25, 0.3) is 0 Å². The fraction of sp³-hybridized carbons (Fsp3) is 0.571. The normalized spacial score (nSPS) is 9.71. The van der Waals surface area contributed by atoms with E-state index in [4.69, 9.17) is 10.2 Å². The van der Waals surface area contributed by atoms with E-state index < -0.39 is 11.9 Å². The largest absolute Gasteiger partial charge is 0.481 e. The zero-order chi connectivity index (χ0) is 21.4. The number of thiol groups is 4. The first-order valence-electron chi connectivity index (χ1n) is 8.07. The van der Waals surface area contributed by atoms with Crippen LogP contribution in [0.2, 0.25) is 0 Å². The Morgan fingerprint density at radius 2 is 0.857 bits per heavy atom. The van der Waals surface area contributed by atoms with Gasteiger partial charge in [-0.3, -0.25) is 9.59 Å². The molecule has 0 atom stereocenters. The Kier molecular flexibility index (Phi) is 17.0. The second kappa shape index (κ2) is 17.3. The standard InChI is InChI=1S/C10H18O4.2C2H2N2S3/c11-9(12)7-5-3-1-2-4-6-8-10(13)14;2*5-1-3-4-2(6)7-1/h1-8H2,(H,11,12)(H,13,14);2*(H,3,5)(H,4,6). The third kappa shape index (κ3) is 18.8. The van der Waals surface area contributed by atoms with E-state index in [-0.39, 0.29) is 12.8 Å². The number of hydrogen-bond donors (Lipinski definition) is 6. The first-order chi connectivity index (χ1) is 13.2. The topological polar surface area (TPSA) is 126 Å². The smallest absolute Gasteiger partial charge is 0.303 e. The molecule has 0 bridgehead atoms. The molecule has 0 amide bonds. The van der Waals surface area contributed by atoms with Gasteiger partial charge in [0.2, 0.25) is 0 Å². The van der Waals surface area contributed by atoms with E-state index >= 15 is 0 Å². The van der Waals surface area contributed by atoms with Crippen molar-refractivity contribution in [2.75, 3.05) is 0 Å². The molecule has 8 nitrogen and oxygen atoms in total. The molecule has 0 saturated carbocycles. The Labute approximate surface area is 193 Å². The molecule has 0 aliphatic rings. The highest BCUT2D eigenvalue weighted by Gasteiger charge is 1.98. The summed E-state index contributed by atoms with van der Waals surface area (Å²) < 4.78 is 2.63. The average molecular weight is 503 g/mol. The van der Waals surface area contributed by atoms with Crippen LogP contribution in [-0.4, -0.2) is 42.5 Å². The summed E-state index contributed by atoms with van der Waals surface area (Å²) in [6.45, 7) is 0. The number of carbonyl (C=O) groups is 2. The number of carboxylic acid groups (broad SMARTS) is 2. The first kappa shape index (κ1) is 27.5. The molecule has 2 rings (SSSR count). The molecule has 0 saturated heterocycles. The van der Waals surface area contributed by atoms with E-state index in [9.17, 15) is 9.59 Å². The molecule has 0 spiro atoms. The van der Waals surface area contributed by atoms with Gasteiger partial charge in [0, 0.05) is 12.8 Å². The van der Waals surface area contributed by atoms with Crippen LogP contribution in [0, 0.1) is 0 Å². The van der Waals surface area contributed by atoms with Crippen LogP contribution < -0.4 is 0 Å². The molecular weight excluding hydrogens is 481 g/mol. The summed E-state index contributed by atoms with van der Waals surface area (Å²) in [4.78, 5) is 20.3. The highest BCUT2D eigenvalue weighted by molar-refractivity contribution is 7.85. The van der Waals surface area contributed by atoms with Gasteiger partial charge in [0.15, 0.2) is 17.4 Å². The van der Waals surface area contributed by atoms with Crippen molar-refractivity contribution >= 4 is 85.1 Å². The van der Waals surface area contributed by atoms with Crippen molar-refractivity contribution in [3.63, 3.8) is 0 Å². The minimum Gasteiger partial charge on any atom is -0.481 e. The van der Waals surface area contributed by atoms with E-state index in [1.54, 1.807) is 0 Å². The summed E-state index contributed by atoms with van der Waals surface area (Å²) in [5.41, 5.74) is 0. The summed E-state index contributed by atoms with van der Waals surface area (Å²) >= 11 is 18.3. The Balaban J connectivity index is 0.000000431. The van der Waals surface area contributed by atoms with Crippen LogP contribution in [0.3, 0.4) is 0 Å². The lowest BCUT2D eigenvalue weighted by Crippen LogP contribution is -1.94. The van der Waals surface area contributed by atoms with Gasteiger partial charge in [-0.05, 0) is 12.8 Å². The lowest BCUT2D eigenvalue weighted by atomic mass is 10.1. The van der Waals surface area contributed by atoms with Crippen LogP contribution in [0.4, 0.5) is 0 Å². The van der Waals surface area contributed by atoms with E-state index in [0.717, 1.165) is 38.5 Å². The maximum absolute atomic E-state index is 10.1. The SMILES string of the molecule is O=C(O)CCCCCCCCC(=O)O.Sc1nnc(S)s1.Sc1nnc(S)s1. The number of rotatable bonds is 9. The lowest BCUT2D eigenvalue weighted by Gasteiger charge is -1.98. The van der Waals surface area contributed by atoms with E-state index in [1.165, 1.54) is 22.7 Å². The summed E-state index contributed by atoms with van der Waals surface area (Å²) in [5.74, 6) is -1.48. The highest BCUT2D eigenvalue weighted by Crippen LogP contribution is 2.15. The molecule has 0 fully saturated rings. The summed E-state index contributed by atoms with van der Waals surface area (Å²) in [5, 5.41) is 31.0. The molecule has 0 unspecified atom stereocenters. The number of nitrogens with zero attached hydrogens (tertiary/aromatic N) is 4. The zero-order valence-corrected chi connectivity index (χ0v) is 20.0. The fourth-order valence-electron chi connectivity index (χ4n) is 1.68. The van der Waals surface area contributed by atoms with Crippen LogP contribution in [0.5, 0.6) is 0 Å². The quantitative estimate of drug-likeness (QED) is 0.218. The molecule has 2 heterocycles. The van der Waals surface area contributed by atoms with Gasteiger partial charge in [0.1, 0.15) is 0 Å². The predicted octanol–water partition coefficient (Wildman–Crippen LogP) is 4.51. The first-order valence-corrected chi connectivity index (χ1v) is 11.5. The second-order valence-electron chi connectivity index (χ2n) is 5.14. The molecule has 158 valence electrons. The Hall–Kier alpha value is -0.540. The minimum absolute atomic E-state index is 0.245. The van der Waals surface area contributed by atoms with Crippen LogP contribution in [0.1, 0.15) is 51.4 Å². The second-order valence-corrected chi connectivity index (χ2v) is 10.0. The van der Waals surface area contributed by atoms with Crippen molar-refractivity contribution in [1.82, 2.24) is 20.4 Å². The third-order valence-electron chi connectivity index (χ3n) is 2.84.